The van der Waals surface area contributed by atoms with Crippen molar-refractivity contribution >= 4 is 17.3 Å². The minimum absolute atomic E-state index is 0.0290. The molecule has 2 aromatic carbocycles. The molecule has 4 nitrogen and oxygen atoms in total. The summed E-state index contributed by atoms with van der Waals surface area (Å²) in [4.78, 5) is 11.9. The summed E-state index contributed by atoms with van der Waals surface area (Å²) in [5.41, 5.74) is 5.64. The molecule has 0 heterocycles. The first kappa shape index (κ1) is 13.8. The van der Waals surface area contributed by atoms with Crippen LogP contribution in [0.2, 0.25) is 0 Å². The zero-order valence-electron chi connectivity index (χ0n) is 10.6. The van der Waals surface area contributed by atoms with Crippen LogP contribution in [0.4, 0.5) is 20.2 Å². The van der Waals surface area contributed by atoms with Crippen LogP contribution >= 0.6 is 0 Å². The Labute approximate surface area is 113 Å². The molecule has 0 unspecified atom stereocenters. The number of carbonyl (C=O) groups excluding carboxylic acids is 1. The Morgan fingerprint density at radius 3 is 2.55 bits per heavy atom. The number of nitrogen functional groups attached to an aromatic ring is 1. The third-order valence-electron chi connectivity index (χ3n) is 2.72. The van der Waals surface area contributed by atoms with Crippen molar-refractivity contribution in [3.05, 3.63) is 53.1 Å². The largest absolute Gasteiger partial charge is 0.507 e. The number of amides is 1. The number of phenolic OH excluding ortho intramolecular Hbond substituents is 1. The van der Waals surface area contributed by atoms with Crippen LogP contribution in [0.25, 0.3) is 0 Å². The van der Waals surface area contributed by atoms with Crippen LogP contribution in [0.1, 0.15) is 15.9 Å². The van der Waals surface area contributed by atoms with Crippen molar-refractivity contribution in [2.24, 2.45) is 0 Å². The van der Waals surface area contributed by atoms with Gasteiger partial charge >= 0.3 is 0 Å². The lowest BCUT2D eigenvalue weighted by Crippen LogP contribution is -2.15. The number of carbonyl (C=O) groups is 1. The lowest BCUT2D eigenvalue weighted by molar-refractivity contribution is 0.102. The fourth-order valence-corrected chi connectivity index (χ4v) is 1.74. The zero-order chi connectivity index (χ0) is 14.9. The second-order valence-corrected chi connectivity index (χ2v) is 4.33. The van der Waals surface area contributed by atoms with Gasteiger partial charge in [-0.3, -0.25) is 4.79 Å². The Balaban J connectivity index is 2.33. The van der Waals surface area contributed by atoms with Crippen LogP contribution in [-0.2, 0) is 0 Å². The highest BCUT2D eigenvalue weighted by Gasteiger charge is 2.16. The first-order chi connectivity index (χ1) is 9.38. The van der Waals surface area contributed by atoms with Gasteiger partial charge in [0.05, 0.1) is 11.3 Å². The zero-order valence-corrected chi connectivity index (χ0v) is 10.6. The first-order valence-electron chi connectivity index (χ1n) is 5.74. The van der Waals surface area contributed by atoms with Gasteiger partial charge in [0.15, 0.2) is 5.82 Å². The number of rotatable bonds is 2. The first-order valence-corrected chi connectivity index (χ1v) is 5.74. The van der Waals surface area contributed by atoms with Crippen LogP contribution in [0, 0.1) is 18.6 Å². The number of nitrogens with one attached hydrogen (secondary N) is 1. The Morgan fingerprint density at radius 2 is 1.95 bits per heavy atom. The van der Waals surface area contributed by atoms with E-state index >= 15 is 0 Å². The molecule has 0 aliphatic carbocycles. The van der Waals surface area contributed by atoms with E-state index in [-0.39, 0.29) is 22.7 Å². The van der Waals surface area contributed by atoms with E-state index in [0.717, 1.165) is 11.6 Å². The second kappa shape index (κ2) is 5.16. The molecule has 0 spiro atoms. The molecule has 0 saturated heterocycles. The molecule has 0 aliphatic heterocycles. The van der Waals surface area contributed by atoms with E-state index in [1.807, 2.05) is 0 Å². The van der Waals surface area contributed by atoms with Crippen molar-refractivity contribution in [1.29, 1.82) is 0 Å². The smallest absolute Gasteiger partial charge is 0.259 e. The van der Waals surface area contributed by atoms with Gasteiger partial charge in [-0.05, 0) is 30.7 Å². The molecule has 0 fully saturated rings. The maximum atomic E-state index is 13.6. The number of halogens is 2. The topological polar surface area (TPSA) is 75.4 Å². The van der Waals surface area contributed by atoms with Crippen molar-refractivity contribution in [2.45, 2.75) is 6.92 Å². The van der Waals surface area contributed by atoms with Gasteiger partial charge in [-0.2, -0.15) is 0 Å². The standard InChI is InChI=1S/C14H12F2N2O2/c1-7-2-3-9(12(19)4-7)14(20)18-13-10(16)5-8(15)6-11(13)17/h2-6,19H,17H2,1H3,(H,18,20). The van der Waals surface area contributed by atoms with Crippen LogP contribution < -0.4 is 11.1 Å². The monoisotopic (exact) mass is 278 g/mol. The van der Waals surface area contributed by atoms with E-state index in [2.05, 4.69) is 5.32 Å². The summed E-state index contributed by atoms with van der Waals surface area (Å²) in [6.07, 6.45) is 0. The summed E-state index contributed by atoms with van der Waals surface area (Å²) in [6, 6.07) is 5.94. The highest BCUT2D eigenvalue weighted by molar-refractivity contribution is 6.07. The van der Waals surface area contributed by atoms with Crippen molar-refractivity contribution in [3.63, 3.8) is 0 Å². The minimum atomic E-state index is -0.984. The lowest BCUT2D eigenvalue weighted by Gasteiger charge is -2.10. The number of benzene rings is 2. The third kappa shape index (κ3) is 2.69. The maximum Gasteiger partial charge on any atom is 0.259 e. The molecule has 2 aromatic rings. The Kier molecular flexibility index (Phi) is 3.56. The van der Waals surface area contributed by atoms with Gasteiger partial charge in [-0.15, -0.1) is 0 Å². The average molecular weight is 278 g/mol. The molecule has 6 heteroatoms. The van der Waals surface area contributed by atoms with E-state index in [0.29, 0.717) is 6.07 Å². The summed E-state index contributed by atoms with van der Waals surface area (Å²) >= 11 is 0. The number of anilines is 2. The van der Waals surface area contributed by atoms with Gasteiger partial charge < -0.3 is 16.2 Å². The summed E-state index contributed by atoms with van der Waals surface area (Å²) in [5, 5.41) is 11.9. The predicted octanol–water partition coefficient (Wildman–Crippen LogP) is 2.81. The Morgan fingerprint density at radius 1 is 1.25 bits per heavy atom. The molecule has 0 aliphatic rings. The molecule has 0 saturated carbocycles. The number of phenols is 1. The van der Waals surface area contributed by atoms with Crippen LogP contribution in [0.5, 0.6) is 5.75 Å². The molecule has 20 heavy (non-hydrogen) atoms. The van der Waals surface area contributed by atoms with E-state index < -0.39 is 17.5 Å². The minimum Gasteiger partial charge on any atom is -0.507 e. The summed E-state index contributed by atoms with van der Waals surface area (Å²) in [7, 11) is 0. The van der Waals surface area contributed by atoms with Gasteiger partial charge in [0.25, 0.3) is 5.91 Å². The number of hydrogen-bond donors (Lipinski definition) is 3. The van der Waals surface area contributed by atoms with Gasteiger partial charge in [0.1, 0.15) is 17.3 Å². The normalized spacial score (nSPS) is 10.3. The molecular weight excluding hydrogens is 266 g/mol. The van der Waals surface area contributed by atoms with Crippen molar-refractivity contribution in [2.75, 3.05) is 11.1 Å². The van der Waals surface area contributed by atoms with E-state index in [1.54, 1.807) is 13.0 Å². The summed E-state index contributed by atoms with van der Waals surface area (Å²) in [5.74, 6) is -2.79. The number of aromatic hydroxyl groups is 1. The van der Waals surface area contributed by atoms with Crippen LogP contribution in [0.3, 0.4) is 0 Å². The predicted molar refractivity (Wildman–Crippen MR) is 71.6 cm³/mol. The lowest BCUT2D eigenvalue weighted by atomic mass is 10.1. The number of aryl methyl sites for hydroxylation is 1. The van der Waals surface area contributed by atoms with Gasteiger partial charge in [-0.1, -0.05) is 6.07 Å². The highest BCUT2D eigenvalue weighted by atomic mass is 19.1. The summed E-state index contributed by atoms with van der Waals surface area (Å²) in [6.45, 7) is 1.75. The van der Waals surface area contributed by atoms with E-state index in [9.17, 15) is 18.7 Å². The van der Waals surface area contributed by atoms with Crippen molar-refractivity contribution in [1.82, 2.24) is 0 Å². The van der Waals surface area contributed by atoms with E-state index in [1.165, 1.54) is 12.1 Å². The molecule has 0 aromatic heterocycles. The fourth-order valence-electron chi connectivity index (χ4n) is 1.74. The van der Waals surface area contributed by atoms with Crippen LogP contribution in [-0.4, -0.2) is 11.0 Å². The molecule has 0 radical (unpaired) electrons. The van der Waals surface area contributed by atoms with E-state index in [4.69, 9.17) is 5.73 Å². The van der Waals surface area contributed by atoms with Gasteiger partial charge in [0.2, 0.25) is 0 Å². The van der Waals surface area contributed by atoms with Gasteiger partial charge in [-0.25, -0.2) is 8.78 Å². The molecule has 2 rings (SSSR count). The highest BCUT2D eigenvalue weighted by Crippen LogP contribution is 2.26. The van der Waals surface area contributed by atoms with Gasteiger partial charge in [0, 0.05) is 6.07 Å². The Hall–Kier alpha value is -2.63. The molecular formula is C14H12F2N2O2. The van der Waals surface area contributed by atoms with Crippen molar-refractivity contribution in [3.8, 4) is 5.75 Å². The third-order valence-corrected chi connectivity index (χ3v) is 2.72. The van der Waals surface area contributed by atoms with Crippen molar-refractivity contribution < 1.29 is 18.7 Å². The SMILES string of the molecule is Cc1ccc(C(=O)Nc2c(N)cc(F)cc2F)c(O)c1. The summed E-state index contributed by atoms with van der Waals surface area (Å²) < 4.78 is 26.5. The quantitative estimate of drug-likeness (QED) is 0.739. The second-order valence-electron chi connectivity index (χ2n) is 4.33. The molecule has 4 N–H and O–H groups in total. The number of hydrogen-bond acceptors (Lipinski definition) is 3. The molecule has 0 bridgehead atoms. The molecule has 104 valence electrons. The molecule has 1 amide bonds. The average Bonchev–Trinajstić information content (AvgIpc) is 2.33. The number of nitrogens with two attached hydrogens (primary N) is 1. The fraction of sp³-hybridized carbons (Fsp3) is 0.0714. The molecule has 0 atom stereocenters. The Bertz CT molecular complexity index is 664. The maximum absolute atomic E-state index is 13.6. The van der Waals surface area contributed by atoms with Crippen LogP contribution in [0.15, 0.2) is 30.3 Å².